The molecule has 2 heterocycles. The molecule has 0 radical (unpaired) electrons. The van der Waals surface area contributed by atoms with Crippen LogP contribution < -0.4 is 10.1 Å². The molecule has 0 unspecified atom stereocenters. The fraction of sp³-hybridized carbons (Fsp3) is 0.450. The summed E-state index contributed by atoms with van der Waals surface area (Å²) < 4.78 is 25.1. The van der Waals surface area contributed by atoms with Crippen molar-refractivity contribution >= 4 is 6.09 Å². The Labute approximate surface area is 158 Å². The van der Waals surface area contributed by atoms with Crippen LogP contribution in [-0.2, 0) is 4.74 Å². The van der Waals surface area contributed by atoms with Crippen LogP contribution in [0.2, 0.25) is 0 Å². The maximum Gasteiger partial charge on any atom is 0.407 e. The molecule has 2 aromatic rings. The van der Waals surface area contributed by atoms with E-state index in [1.165, 1.54) is 6.20 Å². The molecule has 144 valence electrons. The zero-order valence-corrected chi connectivity index (χ0v) is 15.8. The number of hydrogen-bond donors (Lipinski definition) is 1. The summed E-state index contributed by atoms with van der Waals surface area (Å²) in [5.74, 6) is -0.0816. The number of nitrogens with zero attached hydrogens (tertiary/aromatic N) is 2. The van der Waals surface area contributed by atoms with Gasteiger partial charge in [0.25, 0.3) is 0 Å². The van der Waals surface area contributed by atoms with E-state index in [0.717, 1.165) is 12.8 Å². The summed E-state index contributed by atoms with van der Waals surface area (Å²) in [6.07, 6.45) is 6.05. The lowest BCUT2D eigenvalue weighted by Crippen LogP contribution is -2.37. The van der Waals surface area contributed by atoms with Gasteiger partial charge in [-0.2, -0.15) is 4.39 Å². The summed E-state index contributed by atoms with van der Waals surface area (Å²) in [6.45, 7) is 6.37. The molecule has 0 spiro atoms. The van der Waals surface area contributed by atoms with Gasteiger partial charge in [0, 0.05) is 35.5 Å². The van der Waals surface area contributed by atoms with Gasteiger partial charge in [-0.1, -0.05) is 6.07 Å². The van der Waals surface area contributed by atoms with Crippen molar-refractivity contribution < 1.29 is 18.7 Å². The van der Waals surface area contributed by atoms with Crippen molar-refractivity contribution in [3.8, 4) is 16.9 Å². The fourth-order valence-corrected chi connectivity index (χ4v) is 2.59. The van der Waals surface area contributed by atoms with Crippen LogP contribution >= 0.6 is 0 Å². The first-order valence-electron chi connectivity index (χ1n) is 8.92. The number of ether oxygens (including phenoxy) is 2. The smallest absolute Gasteiger partial charge is 0.407 e. The highest BCUT2D eigenvalue weighted by atomic mass is 19.1. The number of pyridine rings is 2. The normalized spacial score (nSPS) is 15.1. The van der Waals surface area contributed by atoms with Crippen molar-refractivity contribution in [2.75, 3.05) is 13.2 Å². The van der Waals surface area contributed by atoms with Crippen LogP contribution in [0.1, 0.15) is 33.6 Å². The van der Waals surface area contributed by atoms with Gasteiger partial charge in [-0.3, -0.25) is 4.98 Å². The Morgan fingerprint density at radius 1 is 1.33 bits per heavy atom. The van der Waals surface area contributed by atoms with Crippen molar-refractivity contribution in [2.45, 2.75) is 39.2 Å². The molecular formula is C20H24FN3O3. The van der Waals surface area contributed by atoms with Crippen molar-refractivity contribution in [1.82, 2.24) is 15.3 Å². The number of nitrogens with one attached hydrogen (secondary N) is 1. The Hall–Kier alpha value is -2.70. The summed E-state index contributed by atoms with van der Waals surface area (Å²) in [6, 6.07) is 5.13. The molecule has 0 atom stereocenters. The molecule has 1 fully saturated rings. The van der Waals surface area contributed by atoms with Crippen LogP contribution in [0, 0.1) is 11.4 Å². The summed E-state index contributed by atoms with van der Waals surface area (Å²) >= 11 is 0. The third-order valence-electron chi connectivity index (χ3n) is 4.30. The van der Waals surface area contributed by atoms with E-state index in [9.17, 15) is 9.18 Å². The largest absolute Gasteiger partial charge is 0.491 e. The topological polar surface area (TPSA) is 73.3 Å². The molecule has 1 amide bonds. The van der Waals surface area contributed by atoms with Gasteiger partial charge in [-0.15, -0.1) is 0 Å². The van der Waals surface area contributed by atoms with Crippen LogP contribution in [0.5, 0.6) is 5.75 Å². The second kappa shape index (κ2) is 7.50. The molecule has 1 aliphatic carbocycles. The molecule has 0 aromatic carbocycles. The third kappa shape index (κ3) is 5.39. The first-order valence-corrected chi connectivity index (χ1v) is 8.92. The maximum absolute atomic E-state index is 14.0. The second-order valence-corrected chi connectivity index (χ2v) is 7.90. The van der Waals surface area contributed by atoms with E-state index in [-0.39, 0.29) is 5.41 Å². The predicted octanol–water partition coefficient (Wildman–Crippen LogP) is 3.97. The molecule has 0 aliphatic heterocycles. The predicted molar refractivity (Wildman–Crippen MR) is 98.8 cm³/mol. The highest BCUT2D eigenvalue weighted by Crippen LogP contribution is 2.45. The first-order chi connectivity index (χ1) is 12.8. The van der Waals surface area contributed by atoms with E-state index in [4.69, 9.17) is 9.47 Å². The zero-order valence-electron chi connectivity index (χ0n) is 15.8. The molecule has 1 saturated carbocycles. The third-order valence-corrected chi connectivity index (χ3v) is 4.30. The number of hydrogen-bond acceptors (Lipinski definition) is 5. The lowest BCUT2D eigenvalue weighted by Gasteiger charge is -2.22. The van der Waals surface area contributed by atoms with Crippen LogP contribution in [0.4, 0.5) is 9.18 Å². The lowest BCUT2D eigenvalue weighted by atomic mass is 10.1. The van der Waals surface area contributed by atoms with Crippen LogP contribution in [0.15, 0.2) is 36.8 Å². The number of carbonyl (C=O) groups is 1. The van der Waals surface area contributed by atoms with Crippen molar-refractivity contribution in [2.24, 2.45) is 5.41 Å². The Morgan fingerprint density at radius 2 is 2.11 bits per heavy atom. The van der Waals surface area contributed by atoms with E-state index < -0.39 is 17.6 Å². The van der Waals surface area contributed by atoms with E-state index in [1.807, 2.05) is 20.8 Å². The Balaban J connectivity index is 1.58. The molecule has 1 aliphatic rings. The lowest BCUT2D eigenvalue weighted by molar-refractivity contribution is 0.0509. The fourth-order valence-electron chi connectivity index (χ4n) is 2.59. The average Bonchev–Trinajstić information content (AvgIpc) is 3.39. The quantitative estimate of drug-likeness (QED) is 0.776. The summed E-state index contributed by atoms with van der Waals surface area (Å²) in [5.41, 5.74) is 0.345. The van der Waals surface area contributed by atoms with Crippen molar-refractivity contribution in [1.29, 1.82) is 0 Å². The summed E-state index contributed by atoms with van der Waals surface area (Å²) in [4.78, 5) is 19.6. The monoisotopic (exact) mass is 373 g/mol. The van der Waals surface area contributed by atoms with Gasteiger partial charge in [0.05, 0.1) is 12.8 Å². The van der Waals surface area contributed by atoms with Crippen LogP contribution in [0.3, 0.4) is 0 Å². The van der Waals surface area contributed by atoms with Gasteiger partial charge < -0.3 is 14.8 Å². The second-order valence-electron chi connectivity index (χ2n) is 7.90. The first kappa shape index (κ1) is 19.1. The van der Waals surface area contributed by atoms with E-state index in [0.29, 0.717) is 30.0 Å². The van der Waals surface area contributed by atoms with Crippen molar-refractivity contribution in [3.63, 3.8) is 0 Å². The number of halogens is 1. The summed E-state index contributed by atoms with van der Waals surface area (Å²) in [5, 5.41) is 2.80. The minimum absolute atomic E-state index is 0.111. The zero-order chi connectivity index (χ0) is 19.5. The minimum atomic E-state index is -0.567. The maximum atomic E-state index is 14.0. The Morgan fingerprint density at radius 3 is 2.74 bits per heavy atom. The number of aromatic nitrogens is 2. The average molecular weight is 373 g/mol. The van der Waals surface area contributed by atoms with E-state index in [1.54, 1.807) is 30.6 Å². The van der Waals surface area contributed by atoms with Gasteiger partial charge in [0.1, 0.15) is 11.4 Å². The Bertz CT molecular complexity index is 802. The number of alkyl carbamates (subject to hydrolysis) is 1. The molecular weight excluding hydrogens is 349 g/mol. The molecule has 7 heteroatoms. The van der Waals surface area contributed by atoms with Gasteiger partial charge in [-0.05, 0) is 45.7 Å². The molecule has 1 N–H and O–H groups in total. The SMILES string of the molecule is CC(C)(C)OC(=O)NCC1(COc2cnc(F)c(-c3cccnc3)c2)CC1. The summed E-state index contributed by atoms with van der Waals surface area (Å²) in [7, 11) is 0. The highest BCUT2D eigenvalue weighted by molar-refractivity contribution is 5.67. The molecule has 27 heavy (non-hydrogen) atoms. The molecule has 2 aromatic heterocycles. The molecule has 0 bridgehead atoms. The van der Waals surface area contributed by atoms with Gasteiger partial charge >= 0.3 is 6.09 Å². The minimum Gasteiger partial charge on any atom is -0.491 e. The van der Waals surface area contributed by atoms with E-state index >= 15 is 0 Å². The highest BCUT2D eigenvalue weighted by Gasteiger charge is 2.44. The van der Waals surface area contributed by atoms with Gasteiger partial charge in [0.15, 0.2) is 0 Å². The molecule has 3 rings (SSSR count). The van der Waals surface area contributed by atoms with Crippen LogP contribution in [-0.4, -0.2) is 34.8 Å². The number of rotatable bonds is 6. The van der Waals surface area contributed by atoms with E-state index in [2.05, 4.69) is 15.3 Å². The number of carbonyl (C=O) groups excluding carboxylic acids is 1. The Kier molecular flexibility index (Phi) is 5.30. The van der Waals surface area contributed by atoms with Gasteiger partial charge in [0.2, 0.25) is 5.95 Å². The van der Waals surface area contributed by atoms with Gasteiger partial charge in [-0.25, -0.2) is 9.78 Å². The van der Waals surface area contributed by atoms with Crippen LogP contribution in [0.25, 0.3) is 11.1 Å². The molecule has 0 saturated heterocycles. The molecule has 6 nitrogen and oxygen atoms in total. The number of amides is 1. The standard InChI is InChI=1S/C20H24FN3O3/c1-19(2,3)27-18(25)24-12-20(6-7-20)13-26-15-9-16(17(21)23-11-15)14-5-4-8-22-10-14/h4-5,8-11H,6-7,12-13H2,1-3H3,(H,24,25). The van der Waals surface area contributed by atoms with Crippen molar-refractivity contribution in [3.05, 3.63) is 42.7 Å².